The van der Waals surface area contributed by atoms with Gasteiger partial charge in [-0.05, 0) is 24.3 Å². The maximum Gasteiger partial charge on any atom is 0.233 e. The van der Waals surface area contributed by atoms with E-state index >= 15 is 0 Å². The minimum Gasteiger partial charge on any atom is -0.497 e. The molecule has 0 aliphatic heterocycles. The maximum atomic E-state index is 12.5. The van der Waals surface area contributed by atoms with Gasteiger partial charge in [0.1, 0.15) is 5.75 Å². The van der Waals surface area contributed by atoms with Gasteiger partial charge in [0.15, 0.2) is 0 Å². The van der Waals surface area contributed by atoms with Gasteiger partial charge in [-0.15, -0.1) is 0 Å². The molecule has 1 amide bonds. The number of amides is 1. The molecule has 0 spiro atoms. The van der Waals surface area contributed by atoms with Gasteiger partial charge in [0.05, 0.1) is 24.5 Å². The zero-order valence-corrected chi connectivity index (χ0v) is 15.3. The van der Waals surface area contributed by atoms with E-state index in [0.717, 1.165) is 5.69 Å². The fourth-order valence-electron chi connectivity index (χ4n) is 2.42. The summed E-state index contributed by atoms with van der Waals surface area (Å²) in [7, 11) is -0.530. The van der Waals surface area contributed by atoms with E-state index in [4.69, 9.17) is 4.74 Å². The average Bonchev–Trinajstić information content (AvgIpc) is 2.60. The van der Waals surface area contributed by atoms with E-state index < -0.39 is 15.9 Å². The first-order chi connectivity index (χ1) is 11.8. The number of nitrogens with zero attached hydrogens (tertiary/aromatic N) is 1. The lowest BCUT2D eigenvalue weighted by Crippen LogP contribution is -2.36. The Hall–Kier alpha value is -2.54. The van der Waals surface area contributed by atoms with E-state index in [0.29, 0.717) is 11.4 Å². The van der Waals surface area contributed by atoms with Crippen LogP contribution in [0.4, 0.5) is 11.4 Å². The fraction of sp³-hybridized carbons (Fsp3) is 0.278. The molecule has 134 valence electrons. The van der Waals surface area contributed by atoms with Crippen LogP contribution < -0.4 is 14.4 Å². The molecule has 25 heavy (non-hydrogen) atoms. The standard InChI is InChI=1S/C18H22N2O4S/c1-14(18(21)20(2)16-9-5-4-6-10-16)13-25(22,23)19-15-8-7-11-17(12-15)24-3/h4-12,14,19H,13H2,1-3H3. The van der Waals surface area contributed by atoms with Crippen LogP contribution in [-0.4, -0.2) is 34.2 Å². The Morgan fingerprint density at radius 1 is 1.16 bits per heavy atom. The molecule has 0 aromatic heterocycles. The largest absolute Gasteiger partial charge is 0.497 e. The van der Waals surface area contributed by atoms with Gasteiger partial charge in [-0.3, -0.25) is 9.52 Å². The Morgan fingerprint density at radius 3 is 2.48 bits per heavy atom. The Kier molecular flexibility index (Phi) is 6.03. The lowest BCUT2D eigenvalue weighted by atomic mass is 10.2. The number of benzene rings is 2. The molecule has 0 aliphatic rings. The van der Waals surface area contributed by atoms with E-state index in [1.165, 1.54) is 12.0 Å². The number of rotatable bonds is 7. The summed E-state index contributed by atoms with van der Waals surface area (Å²) in [6.45, 7) is 1.60. The highest BCUT2D eigenvalue weighted by Crippen LogP contribution is 2.19. The van der Waals surface area contributed by atoms with E-state index in [1.54, 1.807) is 50.4 Å². The molecule has 7 heteroatoms. The van der Waals surface area contributed by atoms with Crippen molar-refractivity contribution < 1.29 is 17.9 Å². The lowest BCUT2D eigenvalue weighted by Gasteiger charge is -2.21. The normalized spacial score (nSPS) is 12.3. The van der Waals surface area contributed by atoms with Gasteiger partial charge in [-0.1, -0.05) is 31.2 Å². The van der Waals surface area contributed by atoms with E-state index in [1.807, 2.05) is 18.2 Å². The number of ether oxygens (including phenoxy) is 1. The van der Waals surface area contributed by atoms with Crippen LogP contribution >= 0.6 is 0 Å². The third-order valence-electron chi connectivity index (χ3n) is 3.71. The summed E-state index contributed by atoms with van der Waals surface area (Å²) in [6, 6.07) is 15.7. The van der Waals surface area contributed by atoms with Crippen LogP contribution in [0, 0.1) is 5.92 Å². The smallest absolute Gasteiger partial charge is 0.233 e. The van der Waals surface area contributed by atoms with Gasteiger partial charge >= 0.3 is 0 Å². The number of methoxy groups -OCH3 is 1. The zero-order chi connectivity index (χ0) is 18.4. The van der Waals surface area contributed by atoms with Gasteiger partial charge in [0.25, 0.3) is 0 Å². The molecule has 0 fully saturated rings. The monoisotopic (exact) mass is 362 g/mol. The summed E-state index contributed by atoms with van der Waals surface area (Å²) in [5, 5.41) is 0. The van der Waals surface area contributed by atoms with Gasteiger partial charge < -0.3 is 9.64 Å². The van der Waals surface area contributed by atoms with Gasteiger partial charge in [-0.25, -0.2) is 8.42 Å². The number of nitrogens with one attached hydrogen (secondary N) is 1. The number of anilines is 2. The number of hydrogen-bond donors (Lipinski definition) is 1. The third kappa shape index (κ3) is 5.22. The fourth-order valence-corrected chi connectivity index (χ4v) is 3.79. The second kappa shape index (κ2) is 8.02. The zero-order valence-electron chi connectivity index (χ0n) is 14.5. The number of carbonyl (C=O) groups is 1. The quantitative estimate of drug-likeness (QED) is 0.822. The van der Waals surface area contributed by atoms with E-state index in [2.05, 4.69) is 4.72 Å². The highest BCUT2D eigenvalue weighted by Gasteiger charge is 2.25. The molecule has 0 saturated heterocycles. The second-order valence-corrected chi connectivity index (χ2v) is 7.52. The molecule has 0 radical (unpaired) electrons. The first-order valence-electron chi connectivity index (χ1n) is 7.79. The summed E-state index contributed by atoms with van der Waals surface area (Å²) in [5.74, 6) is -0.705. The van der Waals surface area contributed by atoms with Crippen LogP contribution in [0.3, 0.4) is 0 Å². The van der Waals surface area contributed by atoms with Crippen LogP contribution in [0.1, 0.15) is 6.92 Å². The van der Waals surface area contributed by atoms with Crippen molar-refractivity contribution in [2.24, 2.45) is 5.92 Å². The summed E-state index contributed by atoms with van der Waals surface area (Å²) in [5.41, 5.74) is 1.12. The van der Waals surface area contributed by atoms with Crippen molar-refractivity contribution in [3.05, 3.63) is 54.6 Å². The predicted octanol–water partition coefficient (Wildman–Crippen LogP) is 2.74. The summed E-state index contributed by atoms with van der Waals surface area (Å²) < 4.78 is 32.3. The van der Waals surface area contributed by atoms with Crippen LogP contribution in [0.25, 0.3) is 0 Å². The van der Waals surface area contributed by atoms with Gasteiger partial charge in [-0.2, -0.15) is 0 Å². The molecular formula is C18H22N2O4S. The summed E-state index contributed by atoms with van der Waals surface area (Å²) in [6.07, 6.45) is 0. The Labute approximate surface area is 148 Å². The van der Waals surface area contributed by atoms with Gasteiger partial charge in [0, 0.05) is 18.8 Å². The average molecular weight is 362 g/mol. The molecule has 1 unspecified atom stereocenters. The Balaban J connectivity index is 2.04. The van der Waals surface area contributed by atoms with Crippen LogP contribution in [0.2, 0.25) is 0 Å². The Bertz CT molecular complexity index is 822. The molecule has 0 heterocycles. The number of para-hydroxylation sites is 1. The molecule has 2 rings (SSSR count). The molecular weight excluding hydrogens is 340 g/mol. The molecule has 1 N–H and O–H groups in total. The van der Waals surface area contributed by atoms with Crippen molar-refractivity contribution in [3.63, 3.8) is 0 Å². The molecule has 2 aromatic rings. The SMILES string of the molecule is COc1cccc(NS(=O)(=O)CC(C)C(=O)N(C)c2ccccc2)c1. The molecule has 1 atom stereocenters. The summed E-state index contributed by atoms with van der Waals surface area (Å²) in [4.78, 5) is 14.0. The summed E-state index contributed by atoms with van der Waals surface area (Å²) >= 11 is 0. The van der Waals surface area contributed by atoms with Crippen molar-refractivity contribution in [2.75, 3.05) is 29.5 Å². The van der Waals surface area contributed by atoms with Crippen LogP contribution in [0.5, 0.6) is 5.75 Å². The topological polar surface area (TPSA) is 75.7 Å². The third-order valence-corrected chi connectivity index (χ3v) is 5.19. The first kappa shape index (κ1) is 18.8. The van der Waals surface area contributed by atoms with Gasteiger partial charge in [0.2, 0.25) is 15.9 Å². The van der Waals surface area contributed by atoms with Crippen molar-refractivity contribution in [3.8, 4) is 5.75 Å². The van der Waals surface area contributed by atoms with E-state index in [9.17, 15) is 13.2 Å². The highest BCUT2D eigenvalue weighted by atomic mass is 32.2. The molecule has 0 saturated carbocycles. The second-order valence-electron chi connectivity index (χ2n) is 5.75. The molecule has 0 aliphatic carbocycles. The van der Waals surface area contributed by atoms with Crippen molar-refractivity contribution in [1.29, 1.82) is 0 Å². The molecule has 2 aromatic carbocycles. The van der Waals surface area contributed by atoms with Crippen molar-refractivity contribution >= 4 is 27.3 Å². The van der Waals surface area contributed by atoms with Crippen molar-refractivity contribution in [2.45, 2.75) is 6.92 Å². The number of sulfonamides is 1. The molecule has 6 nitrogen and oxygen atoms in total. The lowest BCUT2D eigenvalue weighted by molar-refractivity contribution is -0.121. The van der Waals surface area contributed by atoms with E-state index in [-0.39, 0.29) is 11.7 Å². The predicted molar refractivity (Wildman–Crippen MR) is 99.4 cm³/mol. The van der Waals surface area contributed by atoms with Crippen LogP contribution in [-0.2, 0) is 14.8 Å². The minimum absolute atomic E-state index is 0.262. The van der Waals surface area contributed by atoms with Crippen LogP contribution in [0.15, 0.2) is 54.6 Å². The number of carbonyl (C=O) groups excluding carboxylic acids is 1. The van der Waals surface area contributed by atoms with Crippen molar-refractivity contribution in [1.82, 2.24) is 0 Å². The Morgan fingerprint density at radius 2 is 1.84 bits per heavy atom. The molecule has 0 bridgehead atoms. The first-order valence-corrected chi connectivity index (χ1v) is 9.45. The maximum absolute atomic E-state index is 12.5. The highest BCUT2D eigenvalue weighted by molar-refractivity contribution is 7.92. The minimum atomic E-state index is -3.67. The number of hydrogen-bond acceptors (Lipinski definition) is 4.